The predicted octanol–water partition coefficient (Wildman–Crippen LogP) is 1.88. The molecule has 0 bridgehead atoms. The fourth-order valence-electron chi connectivity index (χ4n) is 1.59. The number of nitrogens with two attached hydrogens (primary N) is 1. The third-order valence-corrected chi connectivity index (χ3v) is 2.37. The Morgan fingerprint density at radius 1 is 1.27 bits per heavy atom. The van der Waals surface area contributed by atoms with Gasteiger partial charge >= 0.3 is 0 Å². The Balaban J connectivity index is 2.71. The van der Waals surface area contributed by atoms with Crippen LogP contribution in [0.5, 0.6) is 0 Å². The highest BCUT2D eigenvalue weighted by Gasteiger charge is 2.18. The van der Waals surface area contributed by atoms with E-state index in [2.05, 4.69) is 0 Å². The smallest absolute Gasteiger partial charge is 0.251 e. The summed E-state index contributed by atoms with van der Waals surface area (Å²) >= 11 is 0. The summed E-state index contributed by atoms with van der Waals surface area (Å²) in [5, 5.41) is 0. The van der Waals surface area contributed by atoms with E-state index < -0.39 is 6.43 Å². The molecule has 0 saturated carbocycles. The van der Waals surface area contributed by atoms with Crippen molar-refractivity contribution in [1.29, 1.82) is 0 Å². The number of halogens is 2. The summed E-state index contributed by atoms with van der Waals surface area (Å²) in [5.41, 5.74) is 6.57. The first-order valence-corrected chi connectivity index (χ1v) is 4.88. The summed E-state index contributed by atoms with van der Waals surface area (Å²) in [7, 11) is 1.66. The monoisotopic (exact) mass is 214 g/mol. The van der Waals surface area contributed by atoms with Crippen LogP contribution in [0.15, 0.2) is 30.3 Å². The zero-order chi connectivity index (χ0) is 11.3. The quantitative estimate of drug-likeness (QED) is 0.811. The van der Waals surface area contributed by atoms with Gasteiger partial charge in [-0.2, -0.15) is 0 Å². The van der Waals surface area contributed by atoms with Gasteiger partial charge in [0.05, 0.1) is 6.54 Å². The highest BCUT2D eigenvalue weighted by molar-refractivity contribution is 5.19. The van der Waals surface area contributed by atoms with E-state index in [1.54, 1.807) is 11.9 Å². The molecule has 0 aliphatic carbocycles. The van der Waals surface area contributed by atoms with Gasteiger partial charge in [-0.05, 0) is 12.6 Å². The number of benzene rings is 1. The van der Waals surface area contributed by atoms with Gasteiger partial charge in [0.15, 0.2) is 0 Å². The minimum atomic E-state index is -2.33. The summed E-state index contributed by atoms with van der Waals surface area (Å²) in [5.74, 6) is 0. The van der Waals surface area contributed by atoms with Crippen LogP contribution in [0.2, 0.25) is 0 Å². The minimum Gasteiger partial charge on any atom is -0.329 e. The molecule has 2 nitrogen and oxygen atoms in total. The molecule has 84 valence electrons. The van der Waals surface area contributed by atoms with Gasteiger partial charge < -0.3 is 5.73 Å². The van der Waals surface area contributed by atoms with Crippen molar-refractivity contribution in [2.24, 2.45) is 5.73 Å². The molecule has 0 aliphatic rings. The average Bonchev–Trinajstić information content (AvgIpc) is 2.19. The Hall–Kier alpha value is -1.00. The first-order chi connectivity index (χ1) is 7.15. The lowest BCUT2D eigenvalue weighted by Gasteiger charge is -2.26. The van der Waals surface area contributed by atoms with E-state index in [-0.39, 0.29) is 12.6 Å². The van der Waals surface area contributed by atoms with Crippen molar-refractivity contribution < 1.29 is 8.78 Å². The zero-order valence-corrected chi connectivity index (χ0v) is 8.74. The van der Waals surface area contributed by atoms with Gasteiger partial charge in [-0.25, -0.2) is 8.78 Å². The maximum atomic E-state index is 12.2. The van der Waals surface area contributed by atoms with Crippen molar-refractivity contribution in [3.05, 3.63) is 35.9 Å². The van der Waals surface area contributed by atoms with Gasteiger partial charge in [-0.15, -0.1) is 0 Å². The van der Waals surface area contributed by atoms with Crippen LogP contribution in [0.4, 0.5) is 8.78 Å². The summed E-state index contributed by atoms with van der Waals surface area (Å²) < 4.78 is 24.4. The van der Waals surface area contributed by atoms with E-state index >= 15 is 0 Å². The second kappa shape index (κ2) is 5.78. The standard InChI is InChI=1S/C11H16F2N2/c1-15(8-11(12)13)10(7-14)9-5-3-2-4-6-9/h2-6,10-11H,7-8,14H2,1H3. The van der Waals surface area contributed by atoms with Gasteiger partial charge in [0, 0.05) is 12.6 Å². The molecular weight excluding hydrogens is 198 g/mol. The van der Waals surface area contributed by atoms with Crippen LogP contribution >= 0.6 is 0 Å². The highest BCUT2D eigenvalue weighted by Crippen LogP contribution is 2.18. The highest BCUT2D eigenvalue weighted by atomic mass is 19.3. The molecule has 4 heteroatoms. The van der Waals surface area contributed by atoms with Crippen molar-refractivity contribution in [3.8, 4) is 0 Å². The van der Waals surface area contributed by atoms with Crippen molar-refractivity contribution in [2.45, 2.75) is 12.5 Å². The van der Waals surface area contributed by atoms with E-state index in [1.165, 1.54) is 0 Å². The molecule has 1 rings (SSSR count). The SMILES string of the molecule is CN(CC(F)F)C(CN)c1ccccc1. The second-order valence-corrected chi connectivity index (χ2v) is 3.49. The number of hydrogen-bond donors (Lipinski definition) is 1. The second-order valence-electron chi connectivity index (χ2n) is 3.49. The molecule has 1 aromatic rings. The average molecular weight is 214 g/mol. The van der Waals surface area contributed by atoms with Crippen LogP contribution in [0.25, 0.3) is 0 Å². The summed E-state index contributed by atoms with van der Waals surface area (Å²) in [6.07, 6.45) is -2.33. The van der Waals surface area contributed by atoms with Crippen LogP contribution < -0.4 is 5.73 Å². The normalized spacial score (nSPS) is 13.5. The lowest BCUT2D eigenvalue weighted by molar-refractivity contribution is 0.0822. The lowest BCUT2D eigenvalue weighted by Crippen LogP contribution is -2.33. The molecule has 0 aromatic heterocycles. The third-order valence-electron chi connectivity index (χ3n) is 2.37. The Morgan fingerprint density at radius 3 is 2.33 bits per heavy atom. The fourth-order valence-corrected chi connectivity index (χ4v) is 1.59. The fraction of sp³-hybridized carbons (Fsp3) is 0.455. The van der Waals surface area contributed by atoms with E-state index in [4.69, 9.17) is 5.73 Å². The number of alkyl halides is 2. The first kappa shape index (κ1) is 12.1. The van der Waals surface area contributed by atoms with Crippen molar-refractivity contribution in [2.75, 3.05) is 20.1 Å². The van der Waals surface area contributed by atoms with Crippen molar-refractivity contribution >= 4 is 0 Å². The van der Waals surface area contributed by atoms with Crippen molar-refractivity contribution in [3.63, 3.8) is 0 Å². The lowest BCUT2D eigenvalue weighted by atomic mass is 10.1. The number of hydrogen-bond acceptors (Lipinski definition) is 2. The molecule has 0 saturated heterocycles. The molecule has 0 aliphatic heterocycles. The molecule has 0 heterocycles. The van der Waals surface area contributed by atoms with E-state index in [0.717, 1.165) is 5.56 Å². The molecule has 1 aromatic carbocycles. The molecule has 0 fully saturated rings. The van der Waals surface area contributed by atoms with Gasteiger partial charge in [0.1, 0.15) is 0 Å². The van der Waals surface area contributed by atoms with Crippen LogP contribution in [-0.4, -0.2) is 31.5 Å². The van der Waals surface area contributed by atoms with Crippen LogP contribution in [0, 0.1) is 0 Å². The molecule has 0 spiro atoms. The van der Waals surface area contributed by atoms with Gasteiger partial charge in [0.2, 0.25) is 0 Å². The summed E-state index contributed by atoms with van der Waals surface area (Å²) in [6, 6.07) is 9.33. The zero-order valence-electron chi connectivity index (χ0n) is 8.74. The summed E-state index contributed by atoms with van der Waals surface area (Å²) in [4.78, 5) is 1.58. The van der Waals surface area contributed by atoms with Crippen molar-refractivity contribution in [1.82, 2.24) is 4.90 Å². The molecule has 1 atom stereocenters. The maximum absolute atomic E-state index is 12.2. The van der Waals surface area contributed by atoms with Gasteiger partial charge in [-0.1, -0.05) is 30.3 Å². The van der Waals surface area contributed by atoms with E-state index in [0.29, 0.717) is 6.54 Å². The Morgan fingerprint density at radius 2 is 1.87 bits per heavy atom. The number of nitrogens with zero attached hydrogens (tertiary/aromatic N) is 1. The number of likely N-dealkylation sites (N-methyl/N-ethyl adjacent to an activating group) is 1. The van der Waals surface area contributed by atoms with Gasteiger partial charge in [-0.3, -0.25) is 4.90 Å². The Bertz CT molecular complexity index is 277. The summed E-state index contributed by atoms with van der Waals surface area (Å²) in [6.45, 7) is 0.0873. The molecule has 0 radical (unpaired) electrons. The van der Waals surface area contributed by atoms with E-state index in [1.807, 2.05) is 30.3 Å². The van der Waals surface area contributed by atoms with E-state index in [9.17, 15) is 8.78 Å². The molecule has 2 N–H and O–H groups in total. The largest absolute Gasteiger partial charge is 0.329 e. The van der Waals surface area contributed by atoms with Crippen LogP contribution in [-0.2, 0) is 0 Å². The topological polar surface area (TPSA) is 29.3 Å². The molecular formula is C11H16F2N2. The minimum absolute atomic E-state index is 0.139. The number of rotatable bonds is 5. The first-order valence-electron chi connectivity index (χ1n) is 4.88. The Labute approximate surface area is 88.7 Å². The molecule has 0 amide bonds. The maximum Gasteiger partial charge on any atom is 0.251 e. The predicted molar refractivity (Wildman–Crippen MR) is 56.9 cm³/mol. The van der Waals surface area contributed by atoms with Crippen LogP contribution in [0.3, 0.4) is 0 Å². The Kier molecular flexibility index (Phi) is 4.65. The molecule has 1 unspecified atom stereocenters. The molecule has 15 heavy (non-hydrogen) atoms. The third kappa shape index (κ3) is 3.57. The van der Waals surface area contributed by atoms with Gasteiger partial charge in [0.25, 0.3) is 6.43 Å². The van der Waals surface area contributed by atoms with Crippen LogP contribution in [0.1, 0.15) is 11.6 Å².